The van der Waals surface area contributed by atoms with E-state index in [0.717, 1.165) is 41.2 Å². The lowest BCUT2D eigenvalue weighted by Gasteiger charge is -2.36. The second-order valence-corrected chi connectivity index (χ2v) is 9.39. The number of halogens is 1. The number of fused-ring (bicyclic) bond motifs is 1. The average Bonchev–Trinajstić information content (AvgIpc) is 3.33. The summed E-state index contributed by atoms with van der Waals surface area (Å²) in [5.74, 6) is 1.93. The van der Waals surface area contributed by atoms with Gasteiger partial charge in [-0.3, -0.25) is 4.79 Å². The Labute approximate surface area is 210 Å². The molecule has 7 nitrogen and oxygen atoms in total. The van der Waals surface area contributed by atoms with Crippen LogP contribution < -0.4 is 4.90 Å². The molecule has 1 fully saturated rings. The number of para-hydroxylation sites is 1. The fourth-order valence-corrected chi connectivity index (χ4v) is 4.83. The highest BCUT2D eigenvalue weighted by Gasteiger charge is 2.27. The normalized spacial score (nSPS) is 14.9. The van der Waals surface area contributed by atoms with Gasteiger partial charge in [-0.2, -0.15) is 5.10 Å². The van der Waals surface area contributed by atoms with E-state index >= 15 is 0 Å². The van der Waals surface area contributed by atoms with Crippen LogP contribution in [0.25, 0.3) is 16.7 Å². The smallest absolute Gasteiger partial charge is 0.255 e. The first kappa shape index (κ1) is 23.3. The van der Waals surface area contributed by atoms with E-state index in [0.29, 0.717) is 36.8 Å². The maximum absolute atomic E-state index is 13.0. The molecule has 0 radical (unpaired) electrons. The van der Waals surface area contributed by atoms with Crippen molar-refractivity contribution in [2.75, 3.05) is 31.1 Å². The van der Waals surface area contributed by atoms with Crippen molar-refractivity contribution in [2.24, 2.45) is 0 Å². The standard InChI is InChI=1S/C27H29ClN6O/c1-3-9-19(2)24-30-25(22-18-29-34(26(22)31-24)20-10-5-4-6-11-20)32-14-16-33(17-15-32)27(35)21-12-7-8-13-23(21)28/h4-8,10-13,18-19H,3,9,14-17H2,1-2H3. The lowest BCUT2D eigenvalue weighted by atomic mass is 10.1. The van der Waals surface area contributed by atoms with Crippen molar-refractivity contribution in [1.29, 1.82) is 0 Å². The number of anilines is 1. The van der Waals surface area contributed by atoms with Gasteiger partial charge in [-0.05, 0) is 30.7 Å². The Hall–Kier alpha value is -3.45. The Morgan fingerprint density at radius 2 is 1.71 bits per heavy atom. The van der Waals surface area contributed by atoms with Crippen LogP contribution in [0.3, 0.4) is 0 Å². The number of aromatic nitrogens is 4. The summed E-state index contributed by atoms with van der Waals surface area (Å²) in [5.41, 5.74) is 2.33. The minimum Gasteiger partial charge on any atom is -0.352 e. The molecule has 1 aliphatic heterocycles. The summed E-state index contributed by atoms with van der Waals surface area (Å²) in [6, 6.07) is 17.3. The van der Waals surface area contributed by atoms with Crippen LogP contribution in [0.15, 0.2) is 60.8 Å². The minimum atomic E-state index is -0.0303. The van der Waals surface area contributed by atoms with Crippen LogP contribution in [0, 0.1) is 0 Å². The van der Waals surface area contributed by atoms with Crippen molar-refractivity contribution in [3.63, 3.8) is 0 Å². The van der Waals surface area contributed by atoms with E-state index < -0.39 is 0 Å². The third-order valence-electron chi connectivity index (χ3n) is 6.56. The fraction of sp³-hybridized carbons (Fsp3) is 0.333. The van der Waals surface area contributed by atoms with Crippen LogP contribution in [0.4, 0.5) is 5.82 Å². The van der Waals surface area contributed by atoms with Crippen molar-refractivity contribution < 1.29 is 4.79 Å². The van der Waals surface area contributed by atoms with Gasteiger partial charge in [0.1, 0.15) is 11.6 Å². The molecule has 2 aromatic heterocycles. The molecule has 0 saturated carbocycles. The van der Waals surface area contributed by atoms with Crippen LogP contribution in [0.1, 0.15) is 48.8 Å². The molecule has 8 heteroatoms. The van der Waals surface area contributed by atoms with E-state index in [9.17, 15) is 4.79 Å². The molecule has 1 atom stereocenters. The van der Waals surface area contributed by atoms with Crippen LogP contribution >= 0.6 is 11.6 Å². The summed E-state index contributed by atoms with van der Waals surface area (Å²) >= 11 is 6.27. The van der Waals surface area contributed by atoms with E-state index in [1.165, 1.54) is 0 Å². The first-order chi connectivity index (χ1) is 17.1. The number of rotatable bonds is 6. The molecule has 1 unspecified atom stereocenters. The first-order valence-electron chi connectivity index (χ1n) is 12.2. The predicted molar refractivity (Wildman–Crippen MR) is 140 cm³/mol. The number of hydrogen-bond donors (Lipinski definition) is 0. The summed E-state index contributed by atoms with van der Waals surface area (Å²) < 4.78 is 1.89. The molecule has 1 amide bonds. The monoisotopic (exact) mass is 488 g/mol. The van der Waals surface area contributed by atoms with E-state index in [2.05, 4.69) is 23.8 Å². The van der Waals surface area contributed by atoms with E-state index in [-0.39, 0.29) is 11.8 Å². The minimum absolute atomic E-state index is 0.0303. The van der Waals surface area contributed by atoms with Crippen molar-refractivity contribution in [2.45, 2.75) is 32.6 Å². The van der Waals surface area contributed by atoms with Gasteiger partial charge in [-0.25, -0.2) is 14.6 Å². The molecule has 0 spiro atoms. The van der Waals surface area contributed by atoms with Gasteiger partial charge in [0, 0.05) is 32.1 Å². The Balaban J connectivity index is 1.46. The highest BCUT2D eigenvalue weighted by atomic mass is 35.5. The highest BCUT2D eigenvalue weighted by Crippen LogP contribution is 2.30. The molecule has 2 aromatic carbocycles. The van der Waals surface area contributed by atoms with Gasteiger partial charge in [0.05, 0.1) is 27.9 Å². The van der Waals surface area contributed by atoms with Gasteiger partial charge in [0.2, 0.25) is 0 Å². The molecule has 0 N–H and O–H groups in total. The molecule has 4 aromatic rings. The van der Waals surface area contributed by atoms with Gasteiger partial charge in [-0.1, -0.05) is 62.2 Å². The van der Waals surface area contributed by atoms with Gasteiger partial charge in [0.25, 0.3) is 5.91 Å². The summed E-state index contributed by atoms with van der Waals surface area (Å²) in [5, 5.41) is 6.08. The molecular formula is C27H29ClN6O. The van der Waals surface area contributed by atoms with E-state index in [4.69, 9.17) is 21.6 Å². The molecule has 0 aliphatic carbocycles. The second kappa shape index (κ2) is 10.0. The Kier molecular flexibility index (Phi) is 6.68. The fourth-order valence-electron chi connectivity index (χ4n) is 4.62. The zero-order chi connectivity index (χ0) is 24.4. The number of carbonyl (C=O) groups excluding carboxylic acids is 1. The first-order valence-corrected chi connectivity index (χ1v) is 12.5. The Morgan fingerprint density at radius 3 is 2.43 bits per heavy atom. The van der Waals surface area contributed by atoms with Crippen molar-refractivity contribution in [1.82, 2.24) is 24.6 Å². The van der Waals surface area contributed by atoms with Crippen LogP contribution in [0.2, 0.25) is 5.02 Å². The number of benzene rings is 2. The maximum atomic E-state index is 13.0. The number of carbonyl (C=O) groups is 1. The van der Waals surface area contributed by atoms with Gasteiger partial charge >= 0.3 is 0 Å². The molecular weight excluding hydrogens is 460 g/mol. The zero-order valence-corrected chi connectivity index (χ0v) is 20.8. The number of piperazine rings is 1. The highest BCUT2D eigenvalue weighted by molar-refractivity contribution is 6.33. The van der Waals surface area contributed by atoms with E-state index in [1.807, 2.05) is 58.2 Å². The summed E-state index contributed by atoms with van der Waals surface area (Å²) in [6.07, 6.45) is 3.94. The zero-order valence-electron chi connectivity index (χ0n) is 20.1. The molecule has 180 valence electrons. The number of amides is 1. The Bertz CT molecular complexity index is 1330. The van der Waals surface area contributed by atoms with Crippen molar-refractivity contribution in [3.05, 3.63) is 77.2 Å². The van der Waals surface area contributed by atoms with Gasteiger partial charge < -0.3 is 9.80 Å². The third-order valence-corrected chi connectivity index (χ3v) is 6.89. The van der Waals surface area contributed by atoms with Crippen molar-refractivity contribution in [3.8, 4) is 5.69 Å². The molecule has 35 heavy (non-hydrogen) atoms. The predicted octanol–water partition coefficient (Wildman–Crippen LogP) is 5.33. The SMILES string of the molecule is CCCC(C)c1nc(N2CCN(C(=O)c3ccccc3Cl)CC2)c2cnn(-c3ccccc3)c2n1. The topological polar surface area (TPSA) is 67.2 Å². The van der Waals surface area contributed by atoms with Crippen LogP contribution in [-0.4, -0.2) is 56.7 Å². The largest absolute Gasteiger partial charge is 0.352 e. The molecule has 0 bridgehead atoms. The Morgan fingerprint density at radius 1 is 1.00 bits per heavy atom. The quantitative estimate of drug-likeness (QED) is 0.366. The maximum Gasteiger partial charge on any atom is 0.255 e. The summed E-state index contributed by atoms with van der Waals surface area (Å²) in [4.78, 5) is 27.1. The summed E-state index contributed by atoms with van der Waals surface area (Å²) in [7, 11) is 0. The third kappa shape index (κ3) is 4.60. The molecule has 1 aliphatic rings. The summed E-state index contributed by atoms with van der Waals surface area (Å²) in [6.45, 7) is 6.92. The second-order valence-electron chi connectivity index (χ2n) is 8.98. The van der Waals surface area contributed by atoms with Crippen LogP contribution in [-0.2, 0) is 0 Å². The van der Waals surface area contributed by atoms with Gasteiger partial charge in [0.15, 0.2) is 5.65 Å². The van der Waals surface area contributed by atoms with Crippen LogP contribution in [0.5, 0.6) is 0 Å². The van der Waals surface area contributed by atoms with E-state index in [1.54, 1.807) is 12.1 Å². The number of hydrogen-bond acceptors (Lipinski definition) is 5. The average molecular weight is 489 g/mol. The number of nitrogens with zero attached hydrogens (tertiary/aromatic N) is 6. The molecule has 1 saturated heterocycles. The van der Waals surface area contributed by atoms with Crippen molar-refractivity contribution >= 4 is 34.4 Å². The molecule has 3 heterocycles. The lowest BCUT2D eigenvalue weighted by Crippen LogP contribution is -2.49. The molecule has 5 rings (SSSR count). The lowest BCUT2D eigenvalue weighted by molar-refractivity contribution is 0.0747. The van der Waals surface area contributed by atoms with Gasteiger partial charge in [-0.15, -0.1) is 0 Å².